The molecule has 4 saturated heterocycles. The number of esters is 6. The van der Waals surface area contributed by atoms with Crippen molar-refractivity contribution in [2.24, 2.45) is 0 Å². The number of piperidine rings is 2. The fourth-order valence-electron chi connectivity index (χ4n) is 10.3. The molecule has 4 fully saturated rings. The zero-order valence-electron chi connectivity index (χ0n) is 37.4. The minimum Gasteiger partial charge on any atom is -0.462 e. The van der Waals surface area contributed by atoms with Crippen LogP contribution in [0.1, 0.15) is 142 Å². The van der Waals surface area contributed by atoms with Crippen LogP contribution in [0, 0.1) is 0 Å². The molecule has 4 aliphatic heterocycles. The van der Waals surface area contributed by atoms with Crippen molar-refractivity contribution in [2.45, 2.75) is 180 Å². The average molecular weight is 863 g/mol. The number of ether oxygens (including phenoxy) is 6. The highest BCUT2D eigenvalue weighted by Gasteiger charge is 2.53. The molecular weight excluding hydrogens is 797 g/mol. The number of hydrogen-bond donors (Lipinski definition) is 0. The number of rotatable bonds is 19. The molecule has 0 radical (unpaired) electrons. The maximum absolute atomic E-state index is 13.0. The lowest BCUT2D eigenvalue weighted by Gasteiger charge is -2.47. The molecule has 14 heteroatoms. The van der Waals surface area contributed by atoms with Gasteiger partial charge in [0, 0.05) is 101 Å². The Kier molecular flexibility index (Phi) is 15.5. The van der Waals surface area contributed by atoms with Crippen LogP contribution in [0.2, 0.25) is 0 Å². The first-order valence-electron chi connectivity index (χ1n) is 22.8. The molecule has 14 nitrogen and oxygen atoms in total. The second-order valence-electron chi connectivity index (χ2n) is 18.0. The fourth-order valence-corrected chi connectivity index (χ4v) is 10.3. The summed E-state index contributed by atoms with van der Waals surface area (Å²) >= 11 is 0. The van der Waals surface area contributed by atoms with Gasteiger partial charge in [-0.2, -0.15) is 0 Å². The van der Waals surface area contributed by atoms with Gasteiger partial charge in [-0.1, -0.05) is 27.7 Å². The van der Waals surface area contributed by atoms with E-state index in [-0.39, 0.29) is 85.7 Å². The van der Waals surface area contributed by atoms with Crippen molar-refractivity contribution in [3.63, 3.8) is 0 Å². The lowest BCUT2D eigenvalue weighted by atomic mass is 9.95. The predicted molar refractivity (Wildman–Crippen MR) is 227 cm³/mol. The van der Waals surface area contributed by atoms with E-state index in [1.54, 1.807) is 52.0 Å². The van der Waals surface area contributed by atoms with Crippen molar-refractivity contribution in [1.82, 2.24) is 0 Å². The van der Waals surface area contributed by atoms with E-state index in [9.17, 15) is 28.8 Å². The number of carbonyl (C=O) groups is 6. The molecule has 6 rings (SSSR count). The number of carbonyl (C=O) groups excluding carboxylic acids is 6. The van der Waals surface area contributed by atoms with Crippen LogP contribution < -0.4 is 18.9 Å². The van der Waals surface area contributed by atoms with Gasteiger partial charge in [0.15, 0.2) is 23.0 Å². The molecule has 0 aliphatic carbocycles. The quantitative estimate of drug-likeness (QED) is 0.0591. The van der Waals surface area contributed by atoms with Crippen LogP contribution in [0.15, 0.2) is 36.4 Å². The van der Waals surface area contributed by atoms with Crippen LogP contribution in [0.3, 0.4) is 0 Å². The van der Waals surface area contributed by atoms with Crippen molar-refractivity contribution in [3.8, 4) is 23.0 Å². The van der Waals surface area contributed by atoms with Gasteiger partial charge in [0.05, 0.1) is 38.3 Å². The zero-order chi connectivity index (χ0) is 44.6. The largest absolute Gasteiger partial charge is 0.462 e. The Morgan fingerprint density at radius 3 is 1.08 bits per heavy atom. The van der Waals surface area contributed by atoms with Crippen molar-refractivity contribution in [1.29, 1.82) is 0 Å². The fraction of sp³-hybridized carbons (Fsp3) is 0.625. The average Bonchev–Trinajstić information content (AvgIpc) is 3.46. The maximum atomic E-state index is 13.0. The second kappa shape index (κ2) is 20.6. The molecular formula is C48H66N2O12+2. The third kappa shape index (κ3) is 11.2. The summed E-state index contributed by atoms with van der Waals surface area (Å²) in [4.78, 5) is 74.4. The lowest BCUT2D eigenvalue weighted by Crippen LogP contribution is -2.58. The molecule has 4 aliphatic rings. The smallest absolute Gasteiger partial charge is 0.311 e. The van der Waals surface area contributed by atoms with Crippen LogP contribution in [0.5, 0.6) is 23.0 Å². The van der Waals surface area contributed by atoms with E-state index in [0.29, 0.717) is 50.1 Å². The number of hydrogen-bond acceptors (Lipinski definition) is 12. The third-order valence-electron chi connectivity index (χ3n) is 13.9. The normalized spacial score (nSPS) is 27.2. The summed E-state index contributed by atoms with van der Waals surface area (Å²) in [6.07, 6.45) is 9.34. The Labute approximate surface area is 365 Å². The van der Waals surface area contributed by atoms with Gasteiger partial charge in [0.25, 0.3) is 0 Å². The van der Waals surface area contributed by atoms with Gasteiger partial charge in [0.1, 0.15) is 25.3 Å². The Bertz CT molecular complexity index is 1810. The summed E-state index contributed by atoms with van der Waals surface area (Å²) in [5, 5.41) is 0. The van der Waals surface area contributed by atoms with E-state index < -0.39 is 23.9 Å². The van der Waals surface area contributed by atoms with Crippen LogP contribution in [-0.2, 0) is 51.3 Å². The molecule has 0 saturated carbocycles. The molecule has 62 heavy (non-hydrogen) atoms. The zero-order valence-corrected chi connectivity index (χ0v) is 37.4. The van der Waals surface area contributed by atoms with Crippen LogP contribution >= 0.6 is 0 Å². The second-order valence-corrected chi connectivity index (χ2v) is 18.0. The Balaban J connectivity index is 0.930. The van der Waals surface area contributed by atoms with Gasteiger partial charge in [-0.05, 0) is 49.2 Å². The van der Waals surface area contributed by atoms with E-state index in [4.69, 9.17) is 28.4 Å². The van der Waals surface area contributed by atoms with E-state index in [1.165, 1.54) is 0 Å². The summed E-state index contributed by atoms with van der Waals surface area (Å²) in [6, 6.07) is 12.1. The number of unbranched alkanes of at least 4 members (excludes halogenated alkanes) is 1. The van der Waals surface area contributed by atoms with E-state index in [2.05, 4.69) is 14.1 Å². The Hall–Kier alpha value is -4.82. The molecule has 4 heterocycles. The van der Waals surface area contributed by atoms with Crippen LogP contribution in [-0.4, -0.2) is 95.3 Å². The molecule has 0 amide bonds. The van der Waals surface area contributed by atoms with Gasteiger partial charge >= 0.3 is 35.8 Å². The summed E-state index contributed by atoms with van der Waals surface area (Å²) in [7, 11) is 4.50. The summed E-state index contributed by atoms with van der Waals surface area (Å²) in [5.74, 6) is -1.11. The number of fused-ring (bicyclic) bond motifs is 4. The Morgan fingerprint density at radius 1 is 0.468 bits per heavy atom. The monoisotopic (exact) mass is 862 g/mol. The molecule has 2 aromatic rings. The van der Waals surface area contributed by atoms with Crippen LogP contribution in [0.4, 0.5) is 0 Å². The number of nitrogens with zero attached hydrogens (tertiary/aromatic N) is 2. The van der Waals surface area contributed by atoms with Crippen LogP contribution in [0.25, 0.3) is 0 Å². The highest BCUT2D eigenvalue weighted by atomic mass is 16.6. The molecule has 2 aromatic carbocycles. The topological polar surface area (TPSA) is 158 Å². The number of quaternary nitrogens is 2. The predicted octanol–water partition coefficient (Wildman–Crippen LogP) is 7.58. The van der Waals surface area contributed by atoms with Crippen molar-refractivity contribution in [3.05, 3.63) is 47.5 Å². The van der Waals surface area contributed by atoms with Gasteiger partial charge in [-0.15, -0.1) is 0 Å². The van der Waals surface area contributed by atoms with E-state index >= 15 is 0 Å². The van der Waals surface area contributed by atoms with Crippen molar-refractivity contribution >= 4 is 35.8 Å². The minimum absolute atomic E-state index is 0.149. The molecule has 4 unspecified atom stereocenters. The SMILES string of the molecule is CCC(=O)Oc1ccc(C[N+]2(C)[C@@H]3CC[C@H]2CC(OC(=O)CCCCC(=O)OC2C[C@H]4CC[C@@H](C2)[N+]4(C)Cc2ccc(OC(=O)CC)c(OC(=O)CC)c2)C3)cc1OC(=O)CC. The van der Waals surface area contributed by atoms with Gasteiger partial charge in [0.2, 0.25) is 0 Å². The maximum Gasteiger partial charge on any atom is 0.311 e. The first kappa shape index (κ1) is 46.7. The molecule has 0 aromatic heterocycles. The Morgan fingerprint density at radius 2 is 0.774 bits per heavy atom. The molecule has 4 bridgehead atoms. The minimum atomic E-state index is -0.404. The summed E-state index contributed by atoms with van der Waals surface area (Å²) in [5.41, 5.74) is 1.96. The van der Waals surface area contributed by atoms with Gasteiger partial charge in [-0.25, -0.2) is 0 Å². The molecule has 8 atom stereocenters. The molecule has 338 valence electrons. The highest BCUT2D eigenvalue weighted by molar-refractivity contribution is 5.77. The summed E-state index contributed by atoms with van der Waals surface area (Å²) < 4.78 is 35.6. The van der Waals surface area contributed by atoms with E-state index in [1.807, 2.05) is 12.1 Å². The first-order valence-corrected chi connectivity index (χ1v) is 22.8. The number of benzene rings is 2. The first-order chi connectivity index (χ1) is 29.7. The van der Waals surface area contributed by atoms with Gasteiger partial charge < -0.3 is 37.4 Å². The lowest BCUT2D eigenvalue weighted by molar-refractivity contribution is -0.961. The highest BCUT2D eigenvalue weighted by Crippen LogP contribution is 2.46. The van der Waals surface area contributed by atoms with Crippen molar-refractivity contribution < 1.29 is 66.2 Å². The molecule has 0 spiro atoms. The van der Waals surface area contributed by atoms with Crippen molar-refractivity contribution in [2.75, 3.05) is 14.1 Å². The third-order valence-corrected chi connectivity index (χ3v) is 13.9. The standard InChI is InChI=1S/C48H66N2O12/c1-7-43(51)59-39-21-15-31(23-41(39)61-45(53)9-3)29-49(5)33-17-18-34(49)26-37(25-33)57-47(55)13-11-12-14-48(56)58-38-27-35-19-20-36(28-38)50(35,6)30-32-16-22-40(60-44(52)8-2)42(24-32)62-46(54)10-4/h15-16,21-24,33-38H,7-14,17-20,25-30H2,1-6H3/q+2/t33-,34+,35-,36+,37?,38?,49?,50?. The molecule has 0 N–H and O–H groups in total. The van der Waals surface area contributed by atoms with Gasteiger partial charge in [-0.3, -0.25) is 28.8 Å². The summed E-state index contributed by atoms with van der Waals surface area (Å²) in [6.45, 7) is 8.26. The van der Waals surface area contributed by atoms with E-state index in [0.717, 1.165) is 71.5 Å².